The SMILES string of the molecule is CCN(CC)S(=O)(=O)c1ccc(-c2ccc(/C=c3\s/c(=C(/C#N)C(=O)C(C)(C)C)n(Cc4ccc5c(c4)OCO5)c3=O)o2)cc1. The van der Waals surface area contributed by atoms with Crippen molar-refractivity contribution in [1.29, 1.82) is 5.26 Å². The van der Waals surface area contributed by atoms with E-state index in [1.807, 2.05) is 6.07 Å². The fraction of sp³-hybridized carbons (Fsp3) is 0.303. The monoisotopic (exact) mass is 647 g/mol. The second-order valence-electron chi connectivity index (χ2n) is 11.4. The Morgan fingerprint density at radius 3 is 2.38 bits per heavy atom. The quantitative estimate of drug-likeness (QED) is 0.265. The van der Waals surface area contributed by atoms with Gasteiger partial charge in [0.1, 0.15) is 27.8 Å². The summed E-state index contributed by atoms with van der Waals surface area (Å²) in [5.74, 6) is 1.65. The fourth-order valence-electron chi connectivity index (χ4n) is 4.86. The number of carbonyl (C=O) groups is 1. The van der Waals surface area contributed by atoms with E-state index in [0.717, 1.165) is 16.9 Å². The van der Waals surface area contributed by atoms with E-state index in [9.17, 15) is 23.3 Å². The number of Topliss-reactive ketones (excluding diaryl/α,β-unsaturated/α-hetero) is 1. The zero-order valence-electron chi connectivity index (χ0n) is 25.6. The highest BCUT2D eigenvalue weighted by molar-refractivity contribution is 7.89. The number of nitriles is 1. The summed E-state index contributed by atoms with van der Waals surface area (Å²) in [5, 5.41) is 10.1. The van der Waals surface area contributed by atoms with Crippen molar-refractivity contribution in [3.05, 3.63) is 85.5 Å². The lowest BCUT2D eigenvalue weighted by Crippen LogP contribution is -2.34. The molecule has 5 rings (SSSR count). The highest BCUT2D eigenvalue weighted by Gasteiger charge is 2.28. The smallest absolute Gasteiger partial charge is 0.269 e. The summed E-state index contributed by atoms with van der Waals surface area (Å²) in [6, 6.07) is 17.2. The van der Waals surface area contributed by atoms with Gasteiger partial charge in [0.15, 0.2) is 17.3 Å². The normalized spacial score (nSPS) is 14.1. The largest absolute Gasteiger partial charge is 0.457 e. The molecule has 1 aliphatic heterocycles. The predicted octanol–water partition coefficient (Wildman–Crippen LogP) is 4.10. The van der Waals surface area contributed by atoms with Crippen molar-refractivity contribution in [3.63, 3.8) is 0 Å². The summed E-state index contributed by atoms with van der Waals surface area (Å²) < 4.78 is 46.0. The van der Waals surface area contributed by atoms with Gasteiger partial charge in [-0.2, -0.15) is 9.57 Å². The number of ether oxygens (including phenoxy) is 2. The van der Waals surface area contributed by atoms with Gasteiger partial charge < -0.3 is 13.9 Å². The molecule has 0 saturated heterocycles. The van der Waals surface area contributed by atoms with Crippen LogP contribution in [0.5, 0.6) is 11.5 Å². The van der Waals surface area contributed by atoms with E-state index in [4.69, 9.17) is 13.9 Å². The Kier molecular flexibility index (Phi) is 8.89. The number of hydrogen-bond donors (Lipinski definition) is 0. The third-order valence-corrected chi connectivity index (χ3v) is 10.5. The number of thiazole rings is 1. The molecule has 0 amide bonds. The van der Waals surface area contributed by atoms with Crippen LogP contribution in [0.3, 0.4) is 0 Å². The van der Waals surface area contributed by atoms with Crippen LogP contribution in [0.25, 0.3) is 23.0 Å². The van der Waals surface area contributed by atoms with Gasteiger partial charge in [-0.05, 0) is 54.1 Å². The number of ketones is 1. The Morgan fingerprint density at radius 2 is 1.73 bits per heavy atom. The van der Waals surface area contributed by atoms with Crippen molar-refractivity contribution in [2.45, 2.75) is 46.1 Å². The molecule has 4 aromatic rings. The molecule has 0 radical (unpaired) electrons. The molecule has 10 nitrogen and oxygen atoms in total. The third kappa shape index (κ3) is 6.38. The van der Waals surface area contributed by atoms with Crippen LogP contribution in [-0.4, -0.2) is 43.0 Å². The average molecular weight is 648 g/mol. The van der Waals surface area contributed by atoms with Crippen molar-refractivity contribution in [3.8, 4) is 28.9 Å². The molecule has 0 spiro atoms. The maximum Gasteiger partial charge on any atom is 0.269 e. The molecule has 2 aromatic heterocycles. The predicted molar refractivity (Wildman–Crippen MR) is 171 cm³/mol. The first-order valence-electron chi connectivity index (χ1n) is 14.4. The van der Waals surface area contributed by atoms with E-state index in [-0.39, 0.29) is 44.3 Å². The number of furan rings is 1. The molecule has 234 valence electrons. The number of nitrogens with zero attached hydrogens (tertiary/aromatic N) is 3. The van der Waals surface area contributed by atoms with E-state index < -0.39 is 15.4 Å². The maximum absolute atomic E-state index is 13.8. The Balaban J connectivity index is 1.56. The van der Waals surface area contributed by atoms with Gasteiger partial charge in [0.2, 0.25) is 16.8 Å². The molecule has 0 unspecified atom stereocenters. The minimum atomic E-state index is -3.59. The van der Waals surface area contributed by atoms with Gasteiger partial charge in [-0.25, -0.2) is 8.42 Å². The maximum atomic E-state index is 13.8. The molecule has 0 bridgehead atoms. The Bertz CT molecular complexity index is 2090. The first-order chi connectivity index (χ1) is 21.4. The van der Waals surface area contributed by atoms with E-state index in [2.05, 4.69) is 0 Å². The van der Waals surface area contributed by atoms with Crippen LogP contribution in [0.2, 0.25) is 0 Å². The van der Waals surface area contributed by atoms with Crippen LogP contribution in [0.4, 0.5) is 0 Å². The third-order valence-electron chi connectivity index (χ3n) is 7.30. The zero-order chi connectivity index (χ0) is 32.5. The lowest BCUT2D eigenvalue weighted by Gasteiger charge is -2.18. The number of fused-ring (bicyclic) bond motifs is 1. The van der Waals surface area contributed by atoms with Gasteiger partial charge in [-0.15, -0.1) is 11.3 Å². The standard InChI is InChI=1S/C33H33N3O7S2/c1-6-35(7-2)45(39,40)24-12-9-22(10-13-24)26-15-11-23(43-26)17-29-31(38)36(19-21-8-14-27-28(16-21)42-20-41-27)32(44-29)25(18-34)30(37)33(3,4)5/h8-17H,6-7,19-20H2,1-5H3/b29-17-,32-25-. The van der Waals surface area contributed by atoms with Crippen LogP contribution >= 0.6 is 11.3 Å². The van der Waals surface area contributed by atoms with E-state index in [0.29, 0.717) is 41.7 Å². The first-order valence-corrected chi connectivity index (χ1v) is 16.6. The number of benzene rings is 2. The van der Waals surface area contributed by atoms with Crippen molar-refractivity contribution >= 4 is 38.8 Å². The fourth-order valence-corrected chi connectivity index (χ4v) is 7.40. The van der Waals surface area contributed by atoms with E-state index >= 15 is 0 Å². The van der Waals surface area contributed by atoms with Crippen LogP contribution in [0.15, 0.2) is 68.7 Å². The molecular formula is C33H33N3O7S2. The number of hydrogen-bond acceptors (Lipinski definition) is 9. The van der Waals surface area contributed by atoms with Crippen molar-refractivity contribution < 1.29 is 27.1 Å². The van der Waals surface area contributed by atoms with Crippen LogP contribution in [0.1, 0.15) is 45.9 Å². The molecular weight excluding hydrogens is 615 g/mol. The molecule has 3 heterocycles. The number of aromatic nitrogens is 1. The molecule has 2 aromatic carbocycles. The summed E-state index contributed by atoms with van der Waals surface area (Å²) in [7, 11) is -3.59. The number of carbonyl (C=O) groups excluding carboxylic acids is 1. The molecule has 0 aliphatic carbocycles. The minimum absolute atomic E-state index is 0.0927. The van der Waals surface area contributed by atoms with Gasteiger partial charge in [0.25, 0.3) is 5.56 Å². The molecule has 0 saturated carbocycles. The van der Waals surface area contributed by atoms with E-state index in [1.165, 1.54) is 8.87 Å². The molecule has 12 heteroatoms. The molecule has 1 aliphatic rings. The van der Waals surface area contributed by atoms with Gasteiger partial charge in [0.05, 0.1) is 16.0 Å². The summed E-state index contributed by atoms with van der Waals surface area (Å²) in [6.07, 6.45) is 1.58. The molecule has 0 atom stereocenters. The van der Waals surface area contributed by atoms with Gasteiger partial charge in [-0.1, -0.05) is 40.7 Å². The number of rotatable bonds is 9. The zero-order valence-corrected chi connectivity index (χ0v) is 27.3. The Morgan fingerprint density at radius 1 is 1.04 bits per heavy atom. The first kappa shape index (κ1) is 32.0. The Labute approximate surface area is 265 Å². The van der Waals surface area contributed by atoms with Crippen LogP contribution < -0.4 is 24.2 Å². The molecule has 0 N–H and O–H groups in total. The second kappa shape index (κ2) is 12.5. The van der Waals surface area contributed by atoms with E-state index in [1.54, 1.807) is 95.3 Å². The topological polar surface area (TPSA) is 132 Å². The average Bonchev–Trinajstić information content (AvgIpc) is 3.74. The summed E-state index contributed by atoms with van der Waals surface area (Å²) >= 11 is 1.05. The second-order valence-corrected chi connectivity index (χ2v) is 14.3. The summed E-state index contributed by atoms with van der Waals surface area (Å²) in [4.78, 5) is 27.3. The molecule has 0 fully saturated rings. The van der Waals surface area contributed by atoms with Crippen LogP contribution in [-0.2, 0) is 21.4 Å². The highest BCUT2D eigenvalue weighted by atomic mass is 32.2. The Hall–Kier alpha value is -4.44. The van der Waals surface area contributed by atoms with Gasteiger partial charge in [-0.3, -0.25) is 14.2 Å². The highest BCUT2D eigenvalue weighted by Crippen LogP contribution is 2.32. The van der Waals surface area contributed by atoms with Crippen molar-refractivity contribution in [1.82, 2.24) is 8.87 Å². The lowest BCUT2D eigenvalue weighted by molar-refractivity contribution is -0.120. The molecule has 45 heavy (non-hydrogen) atoms. The summed E-state index contributed by atoms with van der Waals surface area (Å²) in [6.45, 7) is 9.72. The lowest BCUT2D eigenvalue weighted by atomic mass is 9.87. The summed E-state index contributed by atoms with van der Waals surface area (Å²) in [5.41, 5.74) is 0.0838. The van der Waals surface area contributed by atoms with Gasteiger partial charge >= 0.3 is 0 Å². The van der Waals surface area contributed by atoms with Gasteiger partial charge in [0, 0.05) is 30.1 Å². The number of sulfonamides is 1. The van der Waals surface area contributed by atoms with Crippen molar-refractivity contribution in [2.24, 2.45) is 5.41 Å². The minimum Gasteiger partial charge on any atom is -0.457 e. The van der Waals surface area contributed by atoms with Crippen LogP contribution in [0, 0.1) is 16.7 Å². The van der Waals surface area contributed by atoms with Crippen molar-refractivity contribution in [2.75, 3.05) is 19.9 Å².